The van der Waals surface area contributed by atoms with Crippen LogP contribution in [-0.2, 0) is 10.2 Å². The maximum Gasteiger partial charge on any atom is 0.236 e. The highest BCUT2D eigenvalue weighted by atomic mass is 16.2. The van der Waals surface area contributed by atoms with Crippen molar-refractivity contribution in [2.75, 3.05) is 37.6 Å². The quantitative estimate of drug-likeness (QED) is 0.792. The van der Waals surface area contributed by atoms with Gasteiger partial charge in [0.05, 0.1) is 6.54 Å². The van der Waals surface area contributed by atoms with E-state index in [9.17, 15) is 4.79 Å². The highest BCUT2D eigenvalue weighted by Crippen LogP contribution is 2.26. The van der Waals surface area contributed by atoms with E-state index in [0.29, 0.717) is 25.6 Å². The van der Waals surface area contributed by atoms with Gasteiger partial charge in [0.2, 0.25) is 11.9 Å². The number of nitrogens with zero attached hydrogens (tertiary/aromatic N) is 4. The van der Waals surface area contributed by atoms with Crippen molar-refractivity contribution in [1.82, 2.24) is 20.2 Å². The largest absolute Gasteiger partial charge is 0.338 e. The molecule has 0 saturated carbocycles. The van der Waals surface area contributed by atoms with Crippen LogP contribution in [0.3, 0.4) is 0 Å². The van der Waals surface area contributed by atoms with Gasteiger partial charge in [-0.15, -0.1) is 0 Å². The molecule has 1 aromatic carbocycles. The Labute approximate surface area is 180 Å². The Morgan fingerprint density at radius 1 is 1.03 bits per heavy atom. The Bertz CT molecular complexity index is 806. The van der Waals surface area contributed by atoms with Crippen LogP contribution in [0.25, 0.3) is 0 Å². The molecule has 0 bridgehead atoms. The Balaban J connectivity index is 1.54. The average molecular weight is 410 g/mol. The molecular formula is C24H35N5O. The molecule has 1 aromatic heterocycles. The summed E-state index contributed by atoms with van der Waals surface area (Å²) < 4.78 is 0. The summed E-state index contributed by atoms with van der Waals surface area (Å²) in [6, 6.07) is 10.8. The van der Waals surface area contributed by atoms with Crippen LogP contribution in [0.2, 0.25) is 0 Å². The summed E-state index contributed by atoms with van der Waals surface area (Å²) in [5.41, 5.74) is 2.70. The van der Waals surface area contributed by atoms with E-state index < -0.39 is 0 Å². The fraction of sp³-hybridized carbons (Fsp3) is 0.542. The number of amides is 1. The van der Waals surface area contributed by atoms with Crippen molar-refractivity contribution in [3.8, 4) is 0 Å². The lowest BCUT2D eigenvalue weighted by molar-refractivity contribution is -0.130. The molecule has 1 amide bonds. The smallest absolute Gasteiger partial charge is 0.236 e. The number of aromatic nitrogens is 2. The van der Waals surface area contributed by atoms with Crippen LogP contribution in [0, 0.1) is 5.92 Å². The van der Waals surface area contributed by atoms with E-state index in [1.807, 2.05) is 11.0 Å². The minimum Gasteiger partial charge on any atom is -0.338 e. The number of hydrogen-bond donors (Lipinski definition) is 1. The average Bonchev–Trinajstić information content (AvgIpc) is 2.74. The maximum atomic E-state index is 12.8. The van der Waals surface area contributed by atoms with Crippen LogP contribution in [0.1, 0.15) is 51.8 Å². The van der Waals surface area contributed by atoms with Gasteiger partial charge in [-0.25, -0.2) is 9.97 Å². The van der Waals surface area contributed by atoms with Gasteiger partial charge in [-0.3, -0.25) is 4.79 Å². The lowest BCUT2D eigenvalue weighted by Crippen LogP contribution is -2.51. The number of benzene rings is 1. The van der Waals surface area contributed by atoms with Crippen molar-refractivity contribution in [3.05, 3.63) is 53.9 Å². The minimum atomic E-state index is 0.141. The number of carbonyl (C=O) groups excluding carboxylic acids is 1. The van der Waals surface area contributed by atoms with Gasteiger partial charge in [-0.1, -0.05) is 58.9 Å². The first-order chi connectivity index (χ1) is 14.3. The topological polar surface area (TPSA) is 61.4 Å². The molecule has 6 nitrogen and oxygen atoms in total. The second-order valence-electron chi connectivity index (χ2n) is 9.39. The van der Waals surface area contributed by atoms with Gasteiger partial charge in [-0.05, 0) is 28.5 Å². The molecule has 30 heavy (non-hydrogen) atoms. The van der Waals surface area contributed by atoms with Crippen LogP contribution in [0.5, 0.6) is 0 Å². The molecule has 2 aromatic rings. The fourth-order valence-corrected chi connectivity index (χ4v) is 3.85. The summed E-state index contributed by atoms with van der Waals surface area (Å²) in [6.45, 7) is 14.3. The molecular weight excluding hydrogens is 374 g/mol. The van der Waals surface area contributed by atoms with Gasteiger partial charge in [-0.2, -0.15) is 0 Å². The Morgan fingerprint density at radius 3 is 2.17 bits per heavy atom. The lowest BCUT2D eigenvalue weighted by Gasteiger charge is -2.35. The Hall–Kier alpha value is -2.47. The number of hydrogen-bond acceptors (Lipinski definition) is 5. The molecule has 2 heterocycles. The zero-order chi connectivity index (χ0) is 21.7. The first-order valence-electron chi connectivity index (χ1n) is 10.9. The summed E-state index contributed by atoms with van der Waals surface area (Å²) in [4.78, 5) is 25.5. The molecule has 6 heteroatoms. The van der Waals surface area contributed by atoms with E-state index in [1.54, 1.807) is 12.4 Å². The van der Waals surface area contributed by atoms with E-state index >= 15 is 0 Å². The van der Waals surface area contributed by atoms with E-state index in [1.165, 1.54) is 11.1 Å². The summed E-state index contributed by atoms with van der Waals surface area (Å²) in [5, 5.41) is 3.50. The molecule has 0 spiro atoms. The van der Waals surface area contributed by atoms with Crippen molar-refractivity contribution < 1.29 is 4.79 Å². The summed E-state index contributed by atoms with van der Waals surface area (Å²) in [5.74, 6) is 1.28. The van der Waals surface area contributed by atoms with Gasteiger partial charge in [0.25, 0.3) is 0 Å². The van der Waals surface area contributed by atoms with Gasteiger partial charge in [0.1, 0.15) is 0 Å². The summed E-state index contributed by atoms with van der Waals surface area (Å²) >= 11 is 0. The zero-order valence-corrected chi connectivity index (χ0v) is 18.9. The van der Waals surface area contributed by atoms with Crippen LogP contribution in [0.4, 0.5) is 5.95 Å². The monoisotopic (exact) mass is 409 g/mol. The Morgan fingerprint density at radius 2 is 1.63 bits per heavy atom. The number of carbonyl (C=O) groups is 1. The van der Waals surface area contributed by atoms with Crippen molar-refractivity contribution in [3.63, 3.8) is 0 Å². The standard InChI is InChI=1S/C24H35N5O/c1-18(2)22(19-7-9-20(10-8-19)24(3,4)5)27-17-21(30)28-13-15-29(16-14-28)23-25-11-6-12-26-23/h6-12,18,22,27H,13-17H2,1-5H3/t22-/m1/s1. The lowest BCUT2D eigenvalue weighted by atomic mass is 9.85. The van der Waals surface area contributed by atoms with Crippen LogP contribution >= 0.6 is 0 Å². The predicted molar refractivity (Wildman–Crippen MR) is 122 cm³/mol. The second kappa shape index (κ2) is 9.56. The zero-order valence-electron chi connectivity index (χ0n) is 18.9. The third-order valence-corrected chi connectivity index (χ3v) is 5.74. The molecule has 1 aliphatic rings. The first kappa shape index (κ1) is 22.2. The van der Waals surface area contributed by atoms with E-state index in [-0.39, 0.29) is 17.4 Å². The van der Waals surface area contributed by atoms with Crippen molar-refractivity contribution in [2.45, 2.75) is 46.1 Å². The normalized spacial score (nSPS) is 16.1. The van der Waals surface area contributed by atoms with Gasteiger partial charge in [0.15, 0.2) is 0 Å². The van der Waals surface area contributed by atoms with E-state index in [2.05, 4.69) is 79.1 Å². The second-order valence-corrected chi connectivity index (χ2v) is 9.39. The molecule has 1 atom stereocenters. The van der Waals surface area contributed by atoms with Crippen LogP contribution < -0.4 is 10.2 Å². The van der Waals surface area contributed by atoms with E-state index in [0.717, 1.165) is 19.0 Å². The number of rotatable bonds is 6. The van der Waals surface area contributed by atoms with Crippen molar-refractivity contribution in [1.29, 1.82) is 0 Å². The predicted octanol–water partition coefficient (Wildman–Crippen LogP) is 3.41. The summed E-state index contributed by atoms with van der Waals surface area (Å²) in [6.07, 6.45) is 3.51. The molecule has 3 rings (SSSR count). The minimum absolute atomic E-state index is 0.141. The molecule has 1 saturated heterocycles. The van der Waals surface area contributed by atoms with E-state index in [4.69, 9.17) is 0 Å². The number of piperazine rings is 1. The van der Waals surface area contributed by atoms with Crippen LogP contribution in [0.15, 0.2) is 42.7 Å². The molecule has 162 valence electrons. The molecule has 0 radical (unpaired) electrons. The summed E-state index contributed by atoms with van der Waals surface area (Å²) in [7, 11) is 0. The molecule has 1 aliphatic heterocycles. The molecule has 1 fully saturated rings. The van der Waals surface area contributed by atoms with Gasteiger partial charge >= 0.3 is 0 Å². The first-order valence-corrected chi connectivity index (χ1v) is 10.9. The van der Waals surface area contributed by atoms with Crippen molar-refractivity contribution >= 4 is 11.9 Å². The molecule has 1 N–H and O–H groups in total. The van der Waals surface area contributed by atoms with Crippen LogP contribution in [-0.4, -0.2) is 53.5 Å². The van der Waals surface area contributed by atoms with Crippen molar-refractivity contribution in [2.24, 2.45) is 5.92 Å². The number of anilines is 1. The molecule has 0 unspecified atom stereocenters. The third-order valence-electron chi connectivity index (χ3n) is 5.74. The van der Waals surface area contributed by atoms with Gasteiger partial charge in [0, 0.05) is 44.6 Å². The SMILES string of the molecule is CC(C)[C@@H](NCC(=O)N1CCN(c2ncccn2)CC1)c1ccc(C(C)(C)C)cc1. The van der Waals surface area contributed by atoms with Gasteiger partial charge < -0.3 is 15.1 Å². The maximum absolute atomic E-state index is 12.8. The Kier molecular flexibility index (Phi) is 7.08. The number of nitrogens with one attached hydrogen (secondary N) is 1. The fourth-order valence-electron chi connectivity index (χ4n) is 3.85. The molecule has 0 aliphatic carbocycles. The highest BCUT2D eigenvalue weighted by Gasteiger charge is 2.24. The third kappa shape index (κ3) is 5.57. The highest BCUT2D eigenvalue weighted by molar-refractivity contribution is 5.78.